The lowest BCUT2D eigenvalue weighted by Gasteiger charge is -2.31. The first-order valence-corrected chi connectivity index (χ1v) is 11.4. The van der Waals surface area contributed by atoms with Gasteiger partial charge in [-0.25, -0.2) is 24.7 Å². The molecule has 4 aromatic rings. The summed E-state index contributed by atoms with van der Waals surface area (Å²) in [7, 11) is 0. The van der Waals surface area contributed by atoms with E-state index in [0.29, 0.717) is 11.8 Å². The molecule has 4 aromatic heterocycles. The van der Waals surface area contributed by atoms with Crippen molar-refractivity contribution < 1.29 is 14.6 Å². The van der Waals surface area contributed by atoms with Gasteiger partial charge < -0.3 is 20.5 Å². The van der Waals surface area contributed by atoms with Crippen LogP contribution in [0.1, 0.15) is 41.7 Å². The zero-order valence-corrected chi connectivity index (χ0v) is 19.2. The van der Waals surface area contributed by atoms with Crippen molar-refractivity contribution in [3.8, 4) is 23.1 Å². The molecule has 1 aliphatic rings. The third-order valence-corrected chi connectivity index (χ3v) is 5.99. The number of fused-ring (bicyclic) bond motifs is 1. The van der Waals surface area contributed by atoms with E-state index < -0.39 is 5.97 Å². The number of carboxylic acids is 1. The number of rotatable bonds is 6. The number of carboxylic acid groups (broad SMARTS) is 1. The third kappa shape index (κ3) is 4.50. The second-order valence-electron chi connectivity index (χ2n) is 8.34. The molecule has 10 nitrogen and oxygen atoms in total. The van der Waals surface area contributed by atoms with Crippen LogP contribution in [0.5, 0.6) is 11.8 Å². The van der Waals surface area contributed by atoms with E-state index in [1.807, 2.05) is 23.5 Å². The number of nitrogens with two attached hydrogens (primary N) is 1. The molecule has 1 fully saturated rings. The fraction of sp³-hybridized carbons (Fsp3) is 0.240. The van der Waals surface area contributed by atoms with Crippen molar-refractivity contribution in [2.24, 2.45) is 0 Å². The lowest BCUT2D eigenvalue weighted by atomic mass is 9.94. The van der Waals surface area contributed by atoms with Gasteiger partial charge in [-0.2, -0.15) is 0 Å². The molecule has 35 heavy (non-hydrogen) atoms. The van der Waals surface area contributed by atoms with E-state index in [4.69, 9.17) is 20.6 Å². The zero-order chi connectivity index (χ0) is 24.4. The number of hydrogen-bond donors (Lipinski definition) is 2. The van der Waals surface area contributed by atoms with E-state index in [-0.39, 0.29) is 23.2 Å². The van der Waals surface area contributed by atoms with Gasteiger partial charge in [-0.1, -0.05) is 6.08 Å². The highest BCUT2D eigenvalue weighted by atomic mass is 16.5. The van der Waals surface area contributed by atoms with Crippen LogP contribution in [0.25, 0.3) is 16.9 Å². The predicted octanol–water partition coefficient (Wildman–Crippen LogP) is 3.97. The highest BCUT2D eigenvalue weighted by Gasteiger charge is 2.26. The van der Waals surface area contributed by atoms with Crippen molar-refractivity contribution in [3.05, 3.63) is 72.5 Å². The number of imidazole rings is 1. The number of aromatic carboxylic acids is 1. The summed E-state index contributed by atoms with van der Waals surface area (Å²) in [4.78, 5) is 31.2. The average Bonchev–Trinajstić information content (AvgIpc) is 3.26. The minimum atomic E-state index is -1.06. The maximum Gasteiger partial charge on any atom is 0.335 e. The second kappa shape index (κ2) is 9.41. The smallest absolute Gasteiger partial charge is 0.335 e. The Hall–Kier alpha value is -4.47. The Labute approximate surface area is 201 Å². The first-order chi connectivity index (χ1) is 17.0. The summed E-state index contributed by atoms with van der Waals surface area (Å²) in [6, 6.07) is 8.21. The molecule has 0 radical (unpaired) electrons. The quantitative estimate of drug-likeness (QED) is 0.428. The third-order valence-electron chi connectivity index (χ3n) is 5.99. The van der Waals surface area contributed by atoms with Crippen molar-refractivity contribution in [1.29, 1.82) is 0 Å². The van der Waals surface area contributed by atoms with Crippen LogP contribution in [0.2, 0.25) is 0 Å². The number of nitrogen functional groups attached to an aromatic ring is 1. The fourth-order valence-electron chi connectivity index (χ4n) is 4.43. The molecule has 1 unspecified atom stereocenters. The molecule has 1 aliphatic heterocycles. The molecule has 0 aromatic carbocycles. The van der Waals surface area contributed by atoms with Gasteiger partial charge in [0.15, 0.2) is 0 Å². The molecule has 0 amide bonds. The molecule has 1 atom stereocenters. The van der Waals surface area contributed by atoms with Gasteiger partial charge >= 0.3 is 5.97 Å². The number of pyridine rings is 2. The average molecular weight is 472 g/mol. The van der Waals surface area contributed by atoms with Crippen molar-refractivity contribution in [2.45, 2.75) is 25.7 Å². The molecule has 0 bridgehead atoms. The number of allylic oxidation sites excluding steroid dienone is 1. The number of hydrogen-bond acceptors (Lipinski definition) is 8. The zero-order valence-electron chi connectivity index (χ0n) is 19.2. The molecule has 5 heterocycles. The van der Waals surface area contributed by atoms with E-state index in [2.05, 4.69) is 32.1 Å². The molecular weight excluding hydrogens is 446 g/mol. The summed E-state index contributed by atoms with van der Waals surface area (Å²) in [6.07, 6.45) is 11.1. The molecule has 0 spiro atoms. The highest BCUT2D eigenvalue weighted by molar-refractivity contribution is 5.87. The number of anilines is 1. The van der Waals surface area contributed by atoms with Crippen molar-refractivity contribution in [1.82, 2.24) is 29.2 Å². The first kappa shape index (κ1) is 22.3. The van der Waals surface area contributed by atoms with Crippen LogP contribution in [-0.4, -0.2) is 53.4 Å². The van der Waals surface area contributed by atoms with Crippen LogP contribution < -0.4 is 10.5 Å². The van der Waals surface area contributed by atoms with Gasteiger partial charge in [-0.05, 0) is 44.2 Å². The van der Waals surface area contributed by atoms with Crippen LogP contribution in [0.4, 0.5) is 5.95 Å². The van der Waals surface area contributed by atoms with Gasteiger partial charge in [0.05, 0.1) is 16.8 Å². The molecule has 0 saturated carbocycles. The van der Waals surface area contributed by atoms with Crippen molar-refractivity contribution >= 4 is 17.4 Å². The lowest BCUT2D eigenvalue weighted by molar-refractivity contribution is 0.0696. The Morgan fingerprint density at radius 2 is 2.03 bits per heavy atom. The largest absolute Gasteiger partial charge is 0.478 e. The molecule has 10 heteroatoms. The maximum atomic E-state index is 11.2. The molecule has 178 valence electrons. The predicted molar refractivity (Wildman–Crippen MR) is 130 cm³/mol. The lowest BCUT2D eigenvalue weighted by Crippen LogP contribution is -2.30. The minimum absolute atomic E-state index is 0.0849. The molecule has 3 N–H and O–H groups in total. The first-order valence-electron chi connectivity index (χ1n) is 11.4. The van der Waals surface area contributed by atoms with Crippen LogP contribution in [-0.2, 0) is 0 Å². The summed E-state index contributed by atoms with van der Waals surface area (Å²) in [5.74, 6) is 0.663. The Balaban J connectivity index is 1.47. The van der Waals surface area contributed by atoms with Crippen LogP contribution >= 0.6 is 0 Å². The van der Waals surface area contributed by atoms with Crippen LogP contribution in [0.15, 0.2) is 61.2 Å². The Morgan fingerprint density at radius 1 is 1.17 bits per heavy atom. The van der Waals surface area contributed by atoms with Crippen molar-refractivity contribution in [3.63, 3.8) is 0 Å². The summed E-state index contributed by atoms with van der Waals surface area (Å²) in [5.41, 5.74) is 9.05. The number of piperidine rings is 1. The number of nitrogens with zero attached hydrogens (tertiary/aromatic N) is 6. The molecule has 5 rings (SSSR count). The van der Waals surface area contributed by atoms with E-state index >= 15 is 0 Å². The van der Waals surface area contributed by atoms with Gasteiger partial charge in [0.25, 0.3) is 0 Å². The maximum absolute atomic E-state index is 11.2. The van der Waals surface area contributed by atoms with E-state index in [0.717, 1.165) is 42.7 Å². The number of carbonyl (C=O) groups is 1. The van der Waals surface area contributed by atoms with E-state index in [1.165, 1.54) is 18.3 Å². The summed E-state index contributed by atoms with van der Waals surface area (Å²) >= 11 is 0. The minimum Gasteiger partial charge on any atom is -0.478 e. The van der Waals surface area contributed by atoms with E-state index in [9.17, 15) is 4.79 Å². The van der Waals surface area contributed by atoms with E-state index in [1.54, 1.807) is 18.5 Å². The van der Waals surface area contributed by atoms with Gasteiger partial charge in [0.1, 0.15) is 5.82 Å². The van der Waals surface area contributed by atoms with Crippen LogP contribution in [0.3, 0.4) is 0 Å². The number of likely N-dealkylation sites (tertiary alicyclic amines) is 1. The van der Waals surface area contributed by atoms with Gasteiger partial charge in [-0.15, -0.1) is 0 Å². The van der Waals surface area contributed by atoms with Gasteiger partial charge in [0, 0.05) is 55.3 Å². The van der Waals surface area contributed by atoms with Crippen LogP contribution in [0, 0.1) is 0 Å². The fourth-order valence-corrected chi connectivity index (χ4v) is 4.43. The van der Waals surface area contributed by atoms with Gasteiger partial charge in [0.2, 0.25) is 17.7 Å². The Bertz CT molecular complexity index is 1400. The summed E-state index contributed by atoms with van der Waals surface area (Å²) in [5, 5.41) is 9.15. The molecule has 1 saturated heterocycles. The number of aromatic nitrogens is 5. The Kier molecular flexibility index (Phi) is 6.01. The normalized spacial score (nSPS) is 16.1. The highest BCUT2D eigenvalue weighted by Crippen LogP contribution is 2.34. The Morgan fingerprint density at radius 3 is 2.80 bits per heavy atom. The standard InChI is InChI=1S/C25H25N7O3/c1-2-11-31-12-3-4-18(15-31)22-19-8-10-28-25(26)32(19)23(30-22)17-5-6-20(29-14-17)35-21-13-16(24(33)34)7-9-27-21/h2,5-11,13-14,18H,3-4,12,15H2,1H3,(H2,26,28)(H,33,34). The number of ether oxygens (including phenoxy) is 1. The molecular formula is C25H25N7O3. The summed E-state index contributed by atoms with van der Waals surface area (Å²) < 4.78 is 7.51. The monoisotopic (exact) mass is 471 g/mol. The SMILES string of the molecule is CC=CN1CCCC(c2nc(-c3ccc(Oc4cc(C(=O)O)ccn4)nc3)n3c(N)nccc23)C1. The topological polar surface area (TPSA) is 132 Å². The second-order valence-corrected chi connectivity index (χ2v) is 8.34. The van der Waals surface area contributed by atoms with Crippen molar-refractivity contribution in [2.75, 3.05) is 18.8 Å². The summed E-state index contributed by atoms with van der Waals surface area (Å²) in [6.45, 7) is 3.96. The van der Waals surface area contributed by atoms with Gasteiger partial charge in [-0.3, -0.25) is 4.40 Å². The molecule has 0 aliphatic carbocycles.